The van der Waals surface area contributed by atoms with Crippen molar-refractivity contribution in [2.75, 3.05) is 26.4 Å². The topological polar surface area (TPSA) is 274 Å². The van der Waals surface area contributed by atoms with E-state index in [1.54, 1.807) is 0 Å². The van der Waals surface area contributed by atoms with Gasteiger partial charge in [-0.15, -0.1) is 0 Å². The Bertz CT molecular complexity index is 2060. The van der Waals surface area contributed by atoms with E-state index in [1.807, 2.05) is 6.92 Å². The predicted octanol–water partition coefficient (Wildman–Crippen LogP) is 2.32. The number of carbonyl (C=O) groups is 3. The SMILES string of the molecule is CC(=O)OC1C(OC2C(OC3C(O)COC(OC4CCC5(C)C(CCC6(C)C5CCC5C7C(C)(O)CC(C=C(C)C)OC78CC56CO8)C4(C)C)C3OC(C)=O)OC(CO)C(O)C2OC(C)=O)OCC(O)C1O. The Labute approximate surface area is 421 Å². The predicted molar refractivity (Wildman–Crippen MR) is 247 cm³/mol. The number of rotatable bonds is 11. The zero-order valence-electron chi connectivity index (χ0n) is 43.4. The van der Waals surface area contributed by atoms with E-state index in [0.29, 0.717) is 25.4 Å². The Morgan fingerprint density at radius 2 is 1.31 bits per heavy atom. The first-order chi connectivity index (χ1) is 33.7. The van der Waals surface area contributed by atoms with Crippen molar-refractivity contribution in [3.05, 3.63) is 11.6 Å². The molecule has 9 aliphatic rings. The van der Waals surface area contributed by atoms with E-state index in [4.69, 9.17) is 52.1 Å². The molecule has 0 aromatic carbocycles. The van der Waals surface area contributed by atoms with Crippen LogP contribution in [-0.4, -0.2) is 178 Å². The van der Waals surface area contributed by atoms with Crippen molar-refractivity contribution < 1.29 is 97.1 Å². The van der Waals surface area contributed by atoms with Gasteiger partial charge in [0.25, 0.3) is 0 Å². The van der Waals surface area contributed by atoms with Crippen LogP contribution in [0.5, 0.6) is 0 Å². The number of fused-ring (bicyclic) bond motifs is 4. The van der Waals surface area contributed by atoms with Gasteiger partial charge in [-0.25, -0.2) is 0 Å². The van der Waals surface area contributed by atoms with Crippen molar-refractivity contribution in [1.82, 2.24) is 0 Å². The van der Waals surface area contributed by atoms with Gasteiger partial charge in [0, 0.05) is 44.9 Å². The van der Waals surface area contributed by atoms with Crippen molar-refractivity contribution >= 4 is 17.9 Å². The summed E-state index contributed by atoms with van der Waals surface area (Å²) in [6.07, 6.45) is -12.2. The van der Waals surface area contributed by atoms with E-state index in [2.05, 4.69) is 47.6 Å². The number of hydrogen-bond donors (Lipinski definition) is 6. The van der Waals surface area contributed by atoms with Crippen molar-refractivity contribution in [3.63, 3.8) is 0 Å². The molecule has 2 bridgehead atoms. The first-order valence-corrected chi connectivity index (χ1v) is 26.1. The zero-order valence-corrected chi connectivity index (χ0v) is 43.4. The molecule has 5 heterocycles. The van der Waals surface area contributed by atoms with Crippen LogP contribution in [0.15, 0.2) is 11.6 Å². The van der Waals surface area contributed by atoms with Gasteiger partial charge in [0.2, 0.25) is 0 Å². The Hall–Kier alpha value is -2.41. The van der Waals surface area contributed by atoms with Gasteiger partial charge in [-0.2, -0.15) is 0 Å². The molecule has 408 valence electrons. The molecule has 24 unspecified atom stereocenters. The molecule has 5 saturated heterocycles. The lowest BCUT2D eigenvalue weighted by molar-refractivity contribution is -0.382. The summed E-state index contributed by atoms with van der Waals surface area (Å²) in [5.74, 6) is -2.58. The van der Waals surface area contributed by atoms with Crippen molar-refractivity contribution in [1.29, 1.82) is 0 Å². The smallest absolute Gasteiger partial charge is 0.303 e. The summed E-state index contributed by atoms with van der Waals surface area (Å²) in [7, 11) is 0. The van der Waals surface area contributed by atoms with Crippen LogP contribution in [0.25, 0.3) is 0 Å². The third kappa shape index (κ3) is 8.99. The van der Waals surface area contributed by atoms with Gasteiger partial charge in [-0.05, 0) is 93.3 Å². The maximum atomic E-state index is 13.0. The second-order valence-electron chi connectivity index (χ2n) is 24.3. The molecule has 0 aromatic heterocycles. The molecular formula is C52H80O20. The van der Waals surface area contributed by atoms with Gasteiger partial charge < -0.3 is 82.7 Å². The van der Waals surface area contributed by atoms with E-state index in [-0.39, 0.29) is 46.7 Å². The second-order valence-corrected chi connectivity index (χ2v) is 24.3. The molecule has 0 radical (unpaired) electrons. The standard InChI is InChI=1S/C52H80O20/c1-24(2)17-28-18-50(10,61)43-29-11-12-34-48(8)15-14-35(47(6,7)33(48)13-16-49(34,9)51(29)22-52(43,72-28)64-23-51)69-45-41(67-27(5)56)38(31(58)21-63-45)70-46-42(39(65-25(3)54)37(60)32(19-53)68-46)71-44-40(66-26(4)55)36(59)30(57)20-62-44/h17,28-46,53,57-61H,11-16,18-23H2,1-10H3. The quantitative estimate of drug-likeness (QED) is 0.0750. The van der Waals surface area contributed by atoms with Gasteiger partial charge >= 0.3 is 17.9 Å². The molecule has 0 amide bonds. The highest BCUT2D eigenvalue weighted by Crippen LogP contribution is 2.80. The van der Waals surface area contributed by atoms with Crippen LogP contribution in [0.3, 0.4) is 0 Å². The first kappa shape index (κ1) is 54.4. The third-order valence-corrected chi connectivity index (χ3v) is 19.2. The molecule has 9 fully saturated rings. The van der Waals surface area contributed by atoms with Crippen LogP contribution in [0.2, 0.25) is 0 Å². The highest BCUT2D eigenvalue weighted by atomic mass is 16.8. The minimum absolute atomic E-state index is 0.0847. The highest BCUT2D eigenvalue weighted by molar-refractivity contribution is 5.67. The van der Waals surface area contributed by atoms with Gasteiger partial charge in [-0.3, -0.25) is 14.4 Å². The second kappa shape index (κ2) is 19.6. The van der Waals surface area contributed by atoms with E-state index in [1.165, 1.54) is 6.92 Å². The number of hydrogen-bond acceptors (Lipinski definition) is 20. The van der Waals surface area contributed by atoms with Gasteiger partial charge in [0.15, 0.2) is 49.1 Å². The monoisotopic (exact) mass is 1020 g/mol. The molecule has 9 rings (SSSR count). The molecule has 2 spiro atoms. The molecule has 20 heteroatoms. The number of aliphatic hydroxyl groups is 6. The fourth-order valence-corrected chi connectivity index (χ4v) is 16.5. The number of ether oxygens (including phenoxy) is 11. The van der Waals surface area contributed by atoms with E-state index < -0.39 is 134 Å². The van der Waals surface area contributed by atoms with Crippen LogP contribution in [0, 0.1) is 45.3 Å². The molecule has 6 N–H and O–H groups in total. The molecular weight excluding hydrogens is 945 g/mol. The largest absolute Gasteiger partial charge is 0.457 e. The number of aliphatic hydroxyl groups excluding tert-OH is 5. The summed E-state index contributed by atoms with van der Waals surface area (Å²) in [6.45, 7) is 17.9. The molecule has 5 aliphatic heterocycles. The minimum atomic E-state index is -1.74. The summed E-state index contributed by atoms with van der Waals surface area (Å²) in [5, 5.41) is 66.8. The third-order valence-electron chi connectivity index (χ3n) is 19.2. The summed E-state index contributed by atoms with van der Waals surface area (Å²) >= 11 is 0. The van der Waals surface area contributed by atoms with Crippen LogP contribution < -0.4 is 0 Å². The maximum Gasteiger partial charge on any atom is 0.303 e. The zero-order chi connectivity index (χ0) is 52.2. The first-order valence-electron chi connectivity index (χ1n) is 26.1. The van der Waals surface area contributed by atoms with Crippen LogP contribution in [-0.2, 0) is 66.5 Å². The molecule has 4 aliphatic carbocycles. The molecule has 0 aromatic rings. The van der Waals surface area contributed by atoms with Crippen LogP contribution >= 0.6 is 0 Å². The van der Waals surface area contributed by atoms with E-state index in [0.717, 1.165) is 57.9 Å². The lowest BCUT2D eigenvalue weighted by Crippen LogP contribution is -2.68. The minimum Gasteiger partial charge on any atom is -0.457 e. The Balaban J connectivity index is 0.959. The molecule has 4 saturated carbocycles. The van der Waals surface area contributed by atoms with Gasteiger partial charge in [0.05, 0.1) is 44.2 Å². The van der Waals surface area contributed by atoms with Crippen molar-refractivity contribution in [2.45, 2.75) is 224 Å². The average molecular weight is 1030 g/mol. The summed E-state index contributed by atoms with van der Waals surface area (Å²) < 4.78 is 68.1. The van der Waals surface area contributed by atoms with Crippen molar-refractivity contribution in [3.8, 4) is 0 Å². The van der Waals surface area contributed by atoms with Crippen molar-refractivity contribution in [2.24, 2.45) is 45.3 Å². The summed E-state index contributed by atoms with van der Waals surface area (Å²) in [5.41, 5.74) is -0.574. The van der Waals surface area contributed by atoms with Gasteiger partial charge in [0.1, 0.15) is 36.6 Å². The molecule has 20 nitrogen and oxygen atoms in total. The number of esters is 3. The van der Waals surface area contributed by atoms with Crippen LogP contribution in [0.1, 0.15) is 121 Å². The molecule has 24 atom stereocenters. The average Bonchev–Trinajstić information content (AvgIpc) is 3.80. The fraction of sp³-hybridized carbons (Fsp3) is 0.904. The Morgan fingerprint density at radius 3 is 1.96 bits per heavy atom. The van der Waals surface area contributed by atoms with Gasteiger partial charge in [-0.1, -0.05) is 39.3 Å². The lowest BCUT2D eigenvalue weighted by Gasteiger charge is -2.70. The number of allylic oxidation sites excluding steroid dienone is 1. The molecule has 72 heavy (non-hydrogen) atoms. The van der Waals surface area contributed by atoms with Crippen LogP contribution in [0.4, 0.5) is 0 Å². The summed E-state index contributed by atoms with van der Waals surface area (Å²) in [4.78, 5) is 37.6. The fourth-order valence-electron chi connectivity index (χ4n) is 16.5. The van der Waals surface area contributed by atoms with E-state index in [9.17, 15) is 45.0 Å². The Morgan fingerprint density at radius 1 is 0.681 bits per heavy atom. The Kier molecular flexibility index (Phi) is 14.8. The normalized spacial score (nSPS) is 51.4. The highest BCUT2D eigenvalue weighted by Gasteiger charge is 2.81. The van der Waals surface area contributed by atoms with E-state index >= 15 is 0 Å². The summed E-state index contributed by atoms with van der Waals surface area (Å²) in [6, 6.07) is 0. The number of carbonyl (C=O) groups excluding carboxylic acids is 3. The lowest BCUT2D eigenvalue weighted by atomic mass is 9.35. The maximum absolute atomic E-state index is 13.0.